The number of benzene rings is 3. The van der Waals surface area contributed by atoms with Crippen molar-refractivity contribution in [1.82, 2.24) is 40.2 Å². The van der Waals surface area contributed by atoms with Gasteiger partial charge in [-0.25, -0.2) is 19.6 Å². The zero-order chi connectivity index (χ0) is 72.5. The van der Waals surface area contributed by atoms with Gasteiger partial charge >= 0.3 is 12.1 Å². The number of hydrogen-bond donors (Lipinski definition) is 6. The van der Waals surface area contributed by atoms with Crippen LogP contribution in [0.25, 0.3) is 21.3 Å². The molecule has 101 heavy (non-hydrogen) atoms. The fraction of sp³-hybridized carbons (Fsp3) is 0.472. The number of aromatic nitrogens is 4. The fourth-order valence-electron chi connectivity index (χ4n) is 16.6. The molecule has 0 radical (unpaired) electrons. The molecule has 0 spiro atoms. The van der Waals surface area contributed by atoms with Crippen molar-refractivity contribution in [2.45, 2.75) is 156 Å². The quantitative estimate of drug-likeness (QED) is 0.0147. The van der Waals surface area contributed by atoms with E-state index in [1.54, 1.807) is 32.2 Å². The van der Waals surface area contributed by atoms with Gasteiger partial charge in [0.1, 0.15) is 36.3 Å². The minimum atomic E-state index is -4.84. The van der Waals surface area contributed by atoms with Crippen LogP contribution >= 0.6 is 11.3 Å². The third kappa shape index (κ3) is 16.5. The van der Waals surface area contributed by atoms with Crippen molar-refractivity contribution < 1.29 is 70.7 Å². The standard InChI is InChI=1S/C72H86N12O15S2/c1-43(2)60(78-57(85)18-9-8-12-28-82-58(86)25-26-59(82)87)65(91)84(45(4)62(73)88)48-21-19-46(20-22-48)34-98-68(94)76-54(35-101(95,96)97)64(90)80(7)30-31-99-72-39-69(5)36-70(6,40-72)38-71(37-69,41-72)42-83-44(3)51(32-74-83)49-23-24-56(77-61(49)66(92)93)81-29-27-47-14-13-15-50(52(47)33-81)63(89)79-67-75-53-16-10-11-17-55(53)100-67/h10-11,13-17,19-26,32,43,45,54,60H,8-9,12,18,27-31,33-42H2,1-7H3,(H2,73,88)(H,76,94)(H,78,85)(H,92,93)(H,75,79,89)(H,95,96,97)/t45-,54-,60-,69?,70?,71?,72?/m0/s1. The first-order valence-corrected chi connectivity index (χ1v) is 36.4. The molecule has 4 fully saturated rings. The number of aromatic carboxylic acids is 1. The summed E-state index contributed by atoms with van der Waals surface area (Å²) in [6.07, 6.45) is 10.0. The summed E-state index contributed by atoms with van der Waals surface area (Å²) in [5.41, 5.74) is 10.1. The van der Waals surface area contributed by atoms with Gasteiger partial charge in [-0.05, 0) is 153 Å². The monoisotopic (exact) mass is 1420 g/mol. The van der Waals surface area contributed by atoms with Gasteiger partial charge in [0.05, 0.1) is 28.6 Å². The number of alkyl carbamates (subject to hydrolysis) is 1. The zero-order valence-electron chi connectivity index (χ0n) is 57.7. The molecular formula is C72H86N12O15S2. The van der Waals surface area contributed by atoms with Gasteiger partial charge in [-0.1, -0.05) is 81.9 Å². The Labute approximate surface area is 589 Å². The molecule has 27 nitrogen and oxygen atoms in total. The Kier molecular flexibility index (Phi) is 21.1. The number of amides is 8. The summed E-state index contributed by atoms with van der Waals surface area (Å²) in [5, 5.41) is 24.2. The number of unbranched alkanes of at least 4 members (excludes halogenated alkanes) is 2. The highest BCUT2D eigenvalue weighted by Crippen LogP contribution is 2.72. The lowest BCUT2D eigenvalue weighted by molar-refractivity contribution is -0.248. The maximum Gasteiger partial charge on any atom is 0.408 e. The van der Waals surface area contributed by atoms with Crippen LogP contribution in [-0.4, -0.2) is 164 Å². The lowest BCUT2D eigenvalue weighted by atomic mass is 9.39. The molecule has 536 valence electrons. The number of nitrogens with two attached hydrogens (primary N) is 1. The number of para-hydroxylation sites is 1. The number of carboxylic acids is 1. The lowest BCUT2D eigenvalue weighted by Crippen LogP contribution is -2.64. The van der Waals surface area contributed by atoms with Gasteiger partial charge in [-0.2, -0.15) is 13.5 Å². The number of nitrogens with one attached hydrogen (secondary N) is 3. The van der Waals surface area contributed by atoms with Crippen molar-refractivity contribution in [3.63, 3.8) is 0 Å². The van der Waals surface area contributed by atoms with E-state index >= 15 is 0 Å². The van der Waals surface area contributed by atoms with Crippen molar-refractivity contribution >= 4 is 102 Å². The van der Waals surface area contributed by atoms with Crippen molar-refractivity contribution in [2.24, 2.45) is 27.9 Å². The average molecular weight is 1420 g/mol. The summed E-state index contributed by atoms with van der Waals surface area (Å²) in [7, 11) is -3.40. The Bertz CT molecular complexity index is 4330. The number of thiazole rings is 1. The molecule has 6 aromatic rings. The highest BCUT2D eigenvalue weighted by Gasteiger charge is 2.66. The minimum Gasteiger partial charge on any atom is -0.476 e. The van der Waals surface area contributed by atoms with Crippen LogP contribution in [0.2, 0.25) is 0 Å². The number of pyridine rings is 1. The van der Waals surface area contributed by atoms with E-state index in [9.17, 15) is 61.2 Å². The number of imide groups is 1. The number of carbonyl (C=O) groups is 9. The zero-order valence-corrected chi connectivity index (χ0v) is 59.3. The summed E-state index contributed by atoms with van der Waals surface area (Å²) in [6, 6.07) is 18.9. The molecule has 12 rings (SSSR count). The number of primary amides is 1. The predicted octanol–water partition coefficient (Wildman–Crippen LogP) is 7.99. The largest absolute Gasteiger partial charge is 0.476 e. The Hall–Kier alpha value is -9.45. The smallest absolute Gasteiger partial charge is 0.408 e. The Balaban J connectivity index is 0.694. The SMILES string of the molecule is Cc1c(-c2ccc(N3CCc4cccc(C(=O)Nc5nc6ccccc6s5)c4C3)nc2C(=O)O)cnn1CC12CC3(C)CC(C)(C1)CC(OCCN(C)C(=O)[C@H](CS(=O)(=O)O)NC(=O)OCc1ccc(N(C(=O)[C@@H](NC(=O)CCCCCN4C(=O)C=CC4=O)C(C)C)[C@@H](C)C(N)=O)cc1)(C3)C2. The molecule has 2 unspecified atom stereocenters. The van der Waals surface area contributed by atoms with Crippen LogP contribution < -0.4 is 31.5 Å². The van der Waals surface area contributed by atoms with Gasteiger partial charge in [-0.3, -0.25) is 57.9 Å². The summed E-state index contributed by atoms with van der Waals surface area (Å²) in [6.45, 7) is 12.7. The highest BCUT2D eigenvalue weighted by molar-refractivity contribution is 7.85. The van der Waals surface area contributed by atoms with E-state index in [0.717, 1.165) is 64.0 Å². The molecule has 2 aliphatic heterocycles. The molecule has 8 amide bonds. The molecule has 5 atom stereocenters. The van der Waals surface area contributed by atoms with Gasteiger partial charge < -0.3 is 40.7 Å². The van der Waals surface area contributed by atoms with Gasteiger partial charge in [0.2, 0.25) is 17.7 Å². The number of carboxylic acid groups (broad SMARTS) is 1. The van der Waals surface area contributed by atoms with Gasteiger partial charge in [-0.15, -0.1) is 0 Å². The van der Waals surface area contributed by atoms with E-state index in [2.05, 4.69) is 34.8 Å². The first-order chi connectivity index (χ1) is 47.8. The molecule has 3 aromatic carbocycles. The molecular weight excluding hydrogens is 1340 g/mol. The number of hydrogen-bond acceptors (Lipinski definition) is 18. The molecule has 6 aliphatic rings. The lowest BCUT2D eigenvalue weighted by Gasteiger charge is -2.69. The van der Waals surface area contributed by atoms with E-state index in [0.29, 0.717) is 84.9 Å². The highest BCUT2D eigenvalue weighted by atomic mass is 32.2. The van der Waals surface area contributed by atoms with Crippen LogP contribution in [0.3, 0.4) is 0 Å². The maximum atomic E-state index is 14.2. The molecule has 7 N–H and O–H groups in total. The summed E-state index contributed by atoms with van der Waals surface area (Å²) in [5.74, 6) is -6.08. The van der Waals surface area contributed by atoms with Crippen LogP contribution in [0, 0.1) is 29.1 Å². The predicted molar refractivity (Wildman–Crippen MR) is 376 cm³/mol. The van der Waals surface area contributed by atoms with Gasteiger partial charge in [0, 0.05) is 86.4 Å². The number of carbonyl (C=O) groups excluding carboxylic acids is 8. The minimum absolute atomic E-state index is 0.00718. The number of ether oxygens (including phenoxy) is 2. The molecule has 5 heterocycles. The Morgan fingerprint density at radius 3 is 2.21 bits per heavy atom. The fourth-order valence-corrected chi connectivity index (χ4v) is 18.1. The first-order valence-electron chi connectivity index (χ1n) is 33.9. The van der Waals surface area contributed by atoms with Gasteiger partial charge in [0.25, 0.3) is 33.7 Å². The molecule has 0 saturated heterocycles. The van der Waals surface area contributed by atoms with Crippen molar-refractivity contribution in [1.29, 1.82) is 0 Å². The van der Waals surface area contributed by atoms with Crippen LogP contribution in [0.15, 0.2) is 97.2 Å². The topological polar surface area (TPSA) is 365 Å². The second kappa shape index (κ2) is 29.3. The first kappa shape index (κ1) is 72.8. The van der Waals surface area contributed by atoms with Crippen molar-refractivity contribution in [3.8, 4) is 11.1 Å². The maximum absolute atomic E-state index is 14.2. The Morgan fingerprint density at radius 2 is 1.53 bits per heavy atom. The third-order valence-corrected chi connectivity index (χ3v) is 21.9. The number of anilines is 3. The van der Waals surface area contributed by atoms with Crippen LogP contribution in [0.4, 0.5) is 21.4 Å². The summed E-state index contributed by atoms with van der Waals surface area (Å²) in [4.78, 5) is 133. The van der Waals surface area contributed by atoms with E-state index in [4.69, 9.17) is 25.3 Å². The number of rotatable bonds is 29. The number of fused-ring (bicyclic) bond motifs is 2. The van der Waals surface area contributed by atoms with E-state index < -0.39 is 87.8 Å². The van der Waals surface area contributed by atoms with Crippen LogP contribution in [0.1, 0.15) is 142 Å². The molecule has 4 saturated carbocycles. The molecule has 4 aliphatic carbocycles. The third-order valence-electron chi connectivity index (χ3n) is 20.2. The second-order valence-corrected chi connectivity index (χ2v) is 31.5. The second-order valence-electron chi connectivity index (χ2n) is 28.9. The van der Waals surface area contributed by atoms with E-state index in [1.807, 2.05) is 59.0 Å². The van der Waals surface area contributed by atoms with Crippen LogP contribution in [0.5, 0.6) is 0 Å². The Morgan fingerprint density at radius 1 is 0.822 bits per heavy atom. The molecule has 29 heteroatoms. The van der Waals surface area contributed by atoms with Gasteiger partial charge in [0.15, 0.2) is 10.8 Å². The average Bonchev–Trinajstić information content (AvgIpc) is 0.851. The van der Waals surface area contributed by atoms with E-state index in [-0.39, 0.29) is 71.5 Å². The number of likely N-dealkylation sites (N-methyl/N-ethyl adjacent to an activating group) is 1. The number of nitrogens with zero attached hydrogens (tertiary/aromatic N) is 8. The molecule has 4 bridgehead atoms. The van der Waals surface area contributed by atoms with Crippen molar-refractivity contribution in [3.05, 3.63) is 131 Å². The van der Waals surface area contributed by atoms with Crippen LogP contribution in [-0.2, 0) is 74.5 Å². The van der Waals surface area contributed by atoms with E-state index in [1.165, 1.54) is 71.5 Å². The van der Waals surface area contributed by atoms with Crippen molar-refractivity contribution in [2.75, 3.05) is 54.2 Å². The normalized spacial score (nSPS) is 21.5. The summed E-state index contributed by atoms with van der Waals surface area (Å²) >= 11 is 1.40. The summed E-state index contributed by atoms with van der Waals surface area (Å²) < 4.78 is 49.9. The molecule has 3 aromatic heterocycles.